The predicted octanol–water partition coefficient (Wildman–Crippen LogP) is 4.80. The van der Waals surface area contributed by atoms with Gasteiger partial charge in [0.05, 0.1) is 5.02 Å². The van der Waals surface area contributed by atoms with Crippen LogP contribution in [-0.4, -0.2) is 15.3 Å². The fourth-order valence-corrected chi connectivity index (χ4v) is 3.49. The van der Waals surface area contributed by atoms with Crippen LogP contribution >= 0.6 is 23.4 Å². The first-order chi connectivity index (χ1) is 13.0. The van der Waals surface area contributed by atoms with Crippen LogP contribution in [0.1, 0.15) is 11.1 Å². The number of fused-ring (bicyclic) bond motifs is 1. The number of halogens is 1. The number of hydrogen-bond acceptors (Lipinski definition) is 7. The minimum Gasteiger partial charge on any atom is -0.506 e. The molecule has 0 atom stereocenters. The fourth-order valence-electron chi connectivity index (χ4n) is 2.58. The minimum atomic E-state index is -0.509. The normalized spacial score (nSPS) is 11.2. The number of aromatic nitrogens is 2. The Labute approximate surface area is 162 Å². The smallest absolute Gasteiger partial charge is 0.336 e. The van der Waals surface area contributed by atoms with E-state index in [0.29, 0.717) is 27.8 Å². The Bertz CT molecular complexity index is 1180. The maximum absolute atomic E-state index is 11.8. The summed E-state index contributed by atoms with van der Waals surface area (Å²) in [6, 6.07) is 12.1. The molecule has 8 heteroatoms. The van der Waals surface area contributed by atoms with Crippen LogP contribution in [0.4, 0.5) is 0 Å². The van der Waals surface area contributed by atoms with Crippen molar-refractivity contribution in [1.82, 2.24) is 10.2 Å². The van der Waals surface area contributed by atoms with Crippen LogP contribution in [0, 0.1) is 6.92 Å². The molecule has 0 aliphatic heterocycles. The van der Waals surface area contributed by atoms with Crippen molar-refractivity contribution in [3.8, 4) is 17.2 Å². The third-order valence-corrected chi connectivity index (χ3v) is 5.12. The number of aromatic hydroxyl groups is 1. The van der Waals surface area contributed by atoms with Gasteiger partial charge in [0.1, 0.15) is 11.3 Å². The number of phenols is 1. The van der Waals surface area contributed by atoms with E-state index in [-0.39, 0.29) is 16.4 Å². The second-order valence-electron chi connectivity index (χ2n) is 5.92. The average Bonchev–Trinajstić information content (AvgIpc) is 3.11. The molecule has 136 valence electrons. The van der Waals surface area contributed by atoms with Crippen LogP contribution in [0.5, 0.6) is 5.75 Å². The van der Waals surface area contributed by atoms with E-state index >= 15 is 0 Å². The highest BCUT2D eigenvalue weighted by Gasteiger charge is 2.13. The zero-order valence-electron chi connectivity index (χ0n) is 14.1. The molecule has 1 N–H and O–H groups in total. The monoisotopic (exact) mass is 400 g/mol. The SMILES string of the molecule is Cc1ccc(-c2nnc(SCc3cc(=O)oc4cc(O)c(Cl)cc34)o2)cc1. The molecule has 0 saturated carbocycles. The number of nitrogens with zero attached hydrogens (tertiary/aromatic N) is 2. The summed E-state index contributed by atoms with van der Waals surface area (Å²) in [5, 5.41) is 19.0. The lowest BCUT2D eigenvalue weighted by atomic mass is 10.1. The molecule has 4 aromatic rings. The van der Waals surface area contributed by atoms with E-state index in [0.717, 1.165) is 11.1 Å². The number of benzene rings is 2. The number of hydrogen-bond donors (Lipinski definition) is 1. The van der Waals surface area contributed by atoms with Crippen molar-refractivity contribution in [1.29, 1.82) is 0 Å². The van der Waals surface area contributed by atoms with Gasteiger partial charge < -0.3 is 13.9 Å². The molecule has 0 aliphatic rings. The molecule has 6 nitrogen and oxygen atoms in total. The first-order valence-corrected chi connectivity index (χ1v) is 9.34. The molecule has 0 aliphatic carbocycles. The lowest BCUT2D eigenvalue weighted by Crippen LogP contribution is -2.00. The molecule has 2 aromatic heterocycles. The third kappa shape index (κ3) is 3.70. The lowest BCUT2D eigenvalue weighted by molar-refractivity contribution is 0.465. The second-order valence-corrected chi connectivity index (χ2v) is 7.25. The molecule has 27 heavy (non-hydrogen) atoms. The van der Waals surface area contributed by atoms with Gasteiger partial charge in [-0.25, -0.2) is 4.79 Å². The predicted molar refractivity (Wildman–Crippen MR) is 103 cm³/mol. The zero-order chi connectivity index (χ0) is 19.0. The first kappa shape index (κ1) is 17.6. The molecule has 0 bridgehead atoms. The van der Waals surface area contributed by atoms with Crippen molar-refractivity contribution >= 4 is 34.3 Å². The van der Waals surface area contributed by atoms with E-state index in [9.17, 15) is 9.90 Å². The van der Waals surface area contributed by atoms with Crippen LogP contribution in [0.2, 0.25) is 5.02 Å². The van der Waals surface area contributed by atoms with Gasteiger partial charge in [-0.3, -0.25) is 0 Å². The Morgan fingerprint density at radius 1 is 1.11 bits per heavy atom. The maximum Gasteiger partial charge on any atom is 0.336 e. The van der Waals surface area contributed by atoms with Crippen molar-refractivity contribution in [3.63, 3.8) is 0 Å². The van der Waals surface area contributed by atoms with Gasteiger partial charge in [-0.2, -0.15) is 0 Å². The van der Waals surface area contributed by atoms with E-state index in [1.165, 1.54) is 23.9 Å². The van der Waals surface area contributed by atoms with Crippen LogP contribution in [0.25, 0.3) is 22.4 Å². The zero-order valence-corrected chi connectivity index (χ0v) is 15.7. The van der Waals surface area contributed by atoms with E-state index in [1.807, 2.05) is 31.2 Å². The fraction of sp³-hybridized carbons (Fsp3) is 0.105. The summed E-state index contributed by atoms with van der Waals surface area (Å²) >= 11 is 7.28. The van der Waals surface area contributed by atoms with Crippen LogP contribution in [0.3, 0.4) is 0 Å². The third-order valence-electron chi connectivity index (χ3n) is 3.95. The molecule has 0 fully saturated rings. The quantitative estimate of drug-likeness (QED) is 0.388. The molecular weight excluding hydrogens is 388 g/mol. The molecule has 2 aromatic carbocycles. The molecule has 4 rings (SSSR count). The highest BCUT2D eigenvalue weighted by atomic mass is 35.5. The summed E-state index contributed by atoms with van der Waals surface area (Å²) in [6.07, 6.45) is 0. The molecule has 2 heterocycles. The standard InChI is InChI=1S/C19H13ClN2O4S/c1-10-2-4-11(5-3-10)18-21-22-19(26-18)27-9-12-6-17(24)25-16-8-15(23)14(20)7-13(12)16/h2-8,23H,9H2,1H3. The Balaban J connectivity index is 1.60. The number of phenolic OH excluding ortho intramolecular Hbond substituents is 1. The van der Waals surface area contributed by atoms with Gasteiger partial charge in [0.2, 0.25) is 5.89 Å². The molecular formula is C19H13ClN2O4S. The van der Waals surface area contributed by atoms with E-state index in [1.54, 1.807) is 6.07 Å². The molecule has 0 spiro atoms. The highest BCUT2D eigenvalue weighted by Crippen LogP contribution is 2.33. The average molecular weight is 401 g/mol. The van der Waals surface area contributed by atoms with Crippen molar-refractivity contribution in [2.45, 2.75) is 17.9 Å². The van der Waals surface area contributed by atoms with Crippen molar-refractivity contribution in [2.75, 3.05) is 0 Å². The minimum absolute atomic E-state index is 0.142. The summed E-state index contributed by atoms with van der Waals surface area (Å²) < 4.78 is 10.8. The van der Waals surface area contributed by atoms with Crippen molar-refractivity contribution < 1.29 is 13.9 Å². The van der Waals surface area contributed by atoms with Crippen molar-refractivity contribution in [3.05, 3.63) is 69.0 Å². The Kier molecular flexibility index (Phi) is 4.63. The Morgan fingerprint density at radius 2 is 1.89 bits per heavy atom. The summed E-state index contributed by atoms with van der Waals surface area (Å²) in [7, 11) is 0. The Hall–Kier alpha value is -2.77. The number of rotatable bonds is 4. The van der Waals surface area contributed by atoms with Crippen LogP contribution in [0.15, 0.2) is 61.3 Å². The van der Waals surface area contributed by atoms with Gasteiger partial charge in [-0.05, 0) is 30.7 Å². The van der Waals surface area contributed by atoms with Gasteiger partial charge in [0.25, 0.3) is 5.22 Å². The van der Waals surface area contributed by atoms with Crippen molar-refractivity contribution in [2.24, 2.45) is 0 Å². The molecule has 0 radical (unpaired) electrons. The van der Waals surface area contributed by atoms with Crippen LogP contribution < -0.4 is 5.63 Å². The number of aryl methyl sites for hydroxylation is 1. The van der Waals surface area contributed by atoms with E-state index < -0.39 is 5.63 Å². The summed E-state index contributed by atoms with van der Waals surface area (Å²) in [5.74, 6) is 0.693. The molecule has 0 amide bonds. The van der Waals surface area contributed by atoms with Crippen LogP contribution in [-0.2, 0) is 5.75 Å². The van der Waals surface area contributed by atoms with Gasteiger partial charge in [-0.1, -0.05) is 41.1 Å². The molecule has 0 unspecified atom stereocenters. The van der Waals surface area contributed by atoms with E-state index in [2.05, 4.69) is 10.2 Å². The van der Waals surface area contributed by atoms with Gasteiger partial charge in [-0.15, -0.1) is 10.2 Å². The maximum atomic E-state index is 11.8. The first-order valence-electron chi connectivity index (χ1n) is 7.98. The van der Waals surface area contributed by atoms with Gasteiger partial charge >= 0.3 is 5.63 Å². The summed E-state index contributed by atoms with van der Waals surface area (Å²) in [5.41, 5.74) is 2.44. The molecule has 0 saturated heterocycles. The topological polar surface area (TPSA) is 89.4 Å². The summed E-state index contributed by atoms with van der Waals surface area (Å²) in [6.45, 7) is 2.01. The second kappa shape index (κ2) is 7.09. The highest BCUT2D eigenvalue weighted by molar-refractivity contribution is 7.98. The summed E-state index contributed by atoms with van der Waals surface area (Å²) in [4.78, 5) is 11.8. The lowest BCUT2D eigenvalue weighted by Gasteiger charge is -2.05. The number of thioether (sulfide) groups is 1. The van der Waals surface area contributed by atoms with E-state index in [4.69, 9.17) is 20.4 Å². The van der Waals surface area contributed by atoms with Gasteiger partial charge in [0, 0.05) is 28.8 Å². The Morgan fingerprint density at radius 3 is 2.67 bits per heavy atom. The largest absolute Gasteiger partial charge is 0.506 e. The van der Waals surface area contributed by atoms with Gasteiger partial charge in [0.15, 0.2) is 0 Å².